The summed E-state index contributed by atoms with van der Waals surface area (Å²) in [7, 11) is 0. The zero-order chi connectivity index (χ0) is 17.5. The number of likely N-dealkylation sites (tertiary alicyclic amines) is 1. The second kappa shape index (κ2) is 8.68. The summed E-state index contributed by atoms with van der Waals surface area (Å²) in [6, 6.07) is -0.281. The smallest absolute Gasteiger partial charge is 0.409 e. The lowest BCUT2D eigenvalue weighted by Gasteiger charge is -2.31. The summed E-state index contributed by atoms with van der Waals surface area (Å²) in [6.07, 6.45) is 4.09. The number of nitrogens with one attached hydrogen (secondary N) is 1. The van der Waals surface area contributed by atoms with Crippen molar-refractivity contribution in [2.24, 2.45) is 5.73 Å². The molecule has 1 atom stereocenters. The van der Waals surface area contributed by atoms with Gasteiger partial charge in [-0.3, -0.25) is 4.79 Å². The minimum atomic E-state index is -0.298. The van der Waals surface area contributed by atoms with E-state index in [1.807, 2.05) is 6.92 Å². The first-order valence-electron chi connectivity index (χ1n) is 8.48. The highest BCUT2D eigenvalue weighted by atomic mass is 16.6. The molecule has 0 aromatic carbocycles. The molecule has 1 aromatic heterocycles. The molecule has 24 heavy (non-hydrogen) atoms. The van der Waals surface area contributed by atoms with Crippen LogP contribution >= 0.6 is 0 Å². The van der Waals surface area contributed by atoms with E-state index in [-0.39, 0.29) is 29.8 Å². The van der Waals surface area contributed by atoms with Crippen LogP contribution < -0.4 is 11.1 Å². The first-order chi connectivity index (χ1) is 11.5. The number of oxazole rings is 1. The maximum Gasteiger partial charge on any atom is 0.409 e. The van der Waals surface area contributed by atoms with Gasteiger partial charge in [-0.2, -0.15) is 0 Å². The van der Waals surface area contributed by atoms with Crippen LogP contribution in [-0.4, -0.2) is 47.6 Å². The number of ether oxygens (including phenoxy) is 1. The Morgan fingerprint density at radius 2 is 2.17 bits per heavy atom. The fourth-order valence-electron chi connectivity index (χ4n) is 2.68. The average molecular weight is 338 g/mol. The van der Waals surface area contributed by atoms with Crippen molar-refractivity contribution >= 4 is 12.0 Å². The van der Waals surface area contributed by atoms with Gasteiger partial charge in [0.25, 0.3) is 5.91 Å². The van der Waals surface area contributed by atoms with E-state index >= 15 is 0 Å². The van der Waals surface area contributed by atoms with Gasteiger partial charge in [-0.25, -0.2) is 9.78 Å². The Morgan fingerprint density at radius 1 is 1.46 bits per heavy atom. The van der Waals surface area contributed by atoms with Gasteiger partial charge in [-0.15, -0.1) is 0 Å². The highest BCUT2D eigenvalue weighted by Crippen LogP contribution is 2.16. The molecule has 1 aromatic rings. The van der Waals surface area contributed by atoms with Gasteiger partial charge < -0.3 is 25.1 Å². The van der Waals surface area contributed by atoms with Gasteiger partial charge in [0.2, 0.25) is 5.89 Å². The Balaban J connectivity index is 1.82. The summed E-state index contributed by atoms with van der Waals surface area (Å²) in [6.45, 7) is 5.30. The fraction of sp³-hybridized carbons (Fsp3) is 0.688. The summed E-state index contributed by atoms with van der Waals surface area (Å²) in [5, 5.41) is 2.93. The molecule has 0 bridgehead atoms. The van der Waals surface area contributed by atoms with Gasteiger partial charge in [0.15, 0.2) is 5.69 Å². The molecule has 2 rings (SSSR count). The van der Waals surface area contributed by atoms with E-state index in [0.29, 0.717) is 38.4 Å². The minimum Gasteiger partial charge on any atom is -0.450 e. The molecule has 8 nitrogen and oxygen atoms in total. The van der Waals surface area contributed by atoms with Crippen molar-refractivity contribution in [2.45, 2.75) is 51.6 Å². The largest absolute Gasteiger partial charge is 0.450 e. The maximum absolute atomic E-state index is 12.2. The highest BCUT2D eigenvalue weighted by molar-refractivity contribution is 5.92. The third kappa shape index (κ3) is 4.70. The van der Waals surface area contributed by atoms with Crippen LogP contribution in [0.15, 0.2) is 10.7 Å². The normalized spacial score (nSPS) is 16.7. The lowest BCUT2D eigenvalue weighted by Crippen LogP contribution is -2.46. The Morgan fingerprint density at radius 3 is 2.79 bits per heavy atom. The van der Waals surface area contributed by atoms with Crippen molar-refractivity contribution < 1.29 is 18.7 Å². The molecular formula is C16H26N4O4. The summed E-state index contributed by atoms with van der Waals surface area (Å²) < 4.78 is 10.3. The number of hydrogen-bond donors (Lipinski definition) is 2. The molecule has 2 amide bonds. The Hall–Kier alpha value is -2.09. The van der Waals surface area contributed by atoms with Gasteiger partial charge in [0, 0.05) is 19.1 Å². The molecular weight excluding hydrogens is 312 g/mol. The molecule has 3 N–H and O–H groups in total. The lowest BCUT2D eigenvalue weighted by atomic mass is 10.1. The van der Waals surface area contributed by atoms with Crippen LogP contribution in [0.2, 0.25) is 0 Å². The molecule has 2 heterocycles. The number of piperidine rings is 1. The quantitative estimate of drug-likeness (QED) is 0.818. The predicted octanol–water partition coefficient (Wildman–Crippen LogP) is 1.83. The van der Waals surface area contributed by atoms with E-state index in [1.54, 1.807) is 11.8 Å². The number of nitrogens with two attached hydrogens (primary N) is 1. The molecule has 8 heteroatoms. The second-order valence-electron chi connectivity index (χ2n) is 5.90. The number of rotatable bonds is 6. The van der Waals surface area contributed by atoms with Gasteiger partial charge in [-0.1, -0.05) is 13.3 Å². The SMILES string of the molecule is CCCC(N)c1nc(C(=O)NC2CCN(C(=O)OCC)CC2)co1. The zero-order valence-electron chi connectivity index (χ0n) is 14.3. The molecule has 1 fully saturated rings. The van der Waals surface area contributed by atoms with Crippen LogP contribution in [-0.2, 0) is 4.74 Å². The van der Waals surface area contributed by atoms with E-state index in [1.165, 1.54) is 6.26 Å². The maximum atomic E-state index is 12.2. The summed E-state index contributed by atoms with van der Waals surface area (Å²) in [5.74, 6) is 0.113. The molecule has 1 unspecified atom stereocenters. The molecule has 0 spiro atoms. The van der Waals surface area contributed by atoms with Crippen molar-refractivity contribution in [2.75, 3.05) is 19.7 Å². The first-order valence-corrected chi connectivity index (χ1v) is 8.48. The number of nitrogens with zero attached hydrogens (tertiary/aromatic N) is 2. The zero-order valence-corrected chi connectivity index (χ0v) is 14.3. The van der Waals surface area contributed by atoms with Crippen molar-refractivity contribution in [3.63, 3.8) is 0 Å². The van der Waals surface area contributed by atoms with Crippen LogP contribution in [0.5, 0.6) is 0 Å². The van der Waals surface area contributed by atoms with Crippen LogP contribution in [0.25, 0.3) is 0 Å². The Bertz CT molecular complexity index is 552. The number of hydrogen-bond acceptors (Lipinski definition) is 6. The van der Waals surface area contributed by atoms with Crippen molar-refractivity contribution in [3.8, 4) is 0 Å². The Kier molecular flexibility index (Phi) is 6.60. The molecule has 0 radical (unpaired) electrons. The fourth-order valence-corrected chi connectivity index (χ4v) is 2.68. The van der Waals surface area contributed by atoms with Crippen LogP contribution in [0.4, 0.5) is 4.79 Å². The molecule has 1 aliphatic rings. The van der Waals surface area contributed by atoms with Crippen LogP contribution in [0.1, 0.15) is 62.0 Å². The van der Waals surface area contributed by atoms with Crippen LogP contribution in [0.3, 0.4) is 0 Å². The molecule has 1 aliphatic heterocycles. The number of carbonyl (C=O) groups excluding carboxylic acids is 2. The lowest BCUT2D eigenvalue weighted by molar-refractivity contribution is 0.0856. The average Bonchev–Trinajstić information content (AvgIpc) is 3.06. The van der Waals surface area contributed by atoms with E-state index in [0.717, 1.165) is 12.8 Å². The van der Waals surface area contributed by atoms with Crippen molar-refractivity contribution in [3.05, 3.63) is 17.8 Å². The number of carbonyl (C=O) groups is 2. The molecule has 0 aliphatic carbocycles. The van der Waals surface area contributed by atoms with Crippen LogP contribution in [0, 0.1) is 0 Å². The van der Waals surface area contributed by atoms with Gasteiger partial charge in [0.05, 0.1) is 12.6 Å². The summed E-state index contributed by atoms with van der Waals surface area (Å²) >= 11 is 0. The number of aromatic nitrogens is 1. The summed E-state index contributed by atoms with van der Waals surface area (Å²) in [5.41, 5.74) is 6.17. The van der Waals surface area contributed by atoms with E-state index in [4.69, 9.17) is 14.9 Å². The van der Waals surface area contributed by atoms with E-state index in [2.05, 4.69) is 10.3 Å². The first kappa shape index (κ1) is 18.3. The monoisotopic (exact) mass is 338 g/mol. The predicted molar refractivity (Wildman–Crippen MR) is 87.4 cm³/mol. The Labute approximate surface area is 141 Å². The van der Waals surface area contributed by atoms with Gasteiger partial charge >= 0.3 is 6.09 Å². The second-order valence-corrected chi connectivity index (χ2v) is 5.90. The van der Waals surface area contributed by atoms with Gasteiger partial charge in [-0.05, 0) is 26.2 Å². The van der Waals surface area contributed by atoms with E-state index in [9.17, 15) is 9.59 Å². The molecule has 134 valence electrons. The number of amides is 2. The molecule has 1 saturated heterocycles. The third-order valence-electron chi connectivity index (χ3n) is 4.03. The summed E-state index contributed by atoms with van der Waals surface area (Å²) in [4.78, 5) is 29.7. The highest BCUT2D eigenvalue weighted by Gasteiger charge is 2.26. The van der Waals surface area contributed by atoms with Crippen molar-refractivity contribution in [1.82, 2.24) is 15.2 Å². The standard InChI is InChI=1S/C16H26N4O4/c1-3-5-12(17)15-19-13(10-24-15)14(21)18-11-6-8-20(9-7-11)16(22)23-4-2/h10-12H,3-9,17H2,1-2H3,(H,18,21). The molecule has 0 saturated carbocycles. The minimum absolute atomic E-state index is 0.00708. The van der Waals surface area contributed by atoms with E-state index < -0.39 is 0 Å². The van der Waals surface area contributed by atoms with Crippen molar-refractivity contribution in [1.29, 1.82) is 0 Å². The topological polar surface area (TPSA) is 111 Å². The van der Waals surface area contributed by atoms with Gasteiger partial charge in [0.1, 0.15) is 6.26 Å². The third-order valence-corrected chi connectivity index (χ3v) is 4.03.